The Morgan fingerprint density at radius 2 is 2.29 bits per heavy atom. The Hall–Kier alpha value is -1.75. The molecule has 5 nitrogen and oxygen atoms in total. The molecule has 1 aromatic carbocycles. The van der Waals surface area contributed by atoms with Crippen LogP contribution in [-0.2, 0) is 6.42 Å². The van der Waals surface area contributed by atoms with Gasteiger partial charge < -0.3 is 0 Å². The van der Waals surface area contributed by atoms with E-state index in [0.29, 0.717) is 11.9 Å². The first-order chi connectivity index (χ1) is 8.25. The second-order valence-corrected chi connectivity index (χ2v) is 4.56. The Morgan fingerprint density at radius 3 is 3.06 bits per heavy atom. The molecule has 0 amide bonds. The summed E-state index contributed by atoms with van der Waals surface area (Å²) in [7, 11) is 2.17. The van der Waals surface area contributed by atoms with Gasteiger partial charge in [-0.3, -0.25) is 4.90 Å². The SMILES string of the molecule is CC1c2ccc(-c3nn[nH]n3)cc2CCN1C. The number of nitrogens with one attached hydrogen (secondary N) is 1. The van der Waals surface area contributed by atoms with Gasteiger partial charge in [-0.15, -0.1) is 10.2 Å². The average Bonchev–Trinajstić information content (AvgIpc) is 2.87. The predicted molar refractivity (Wildman–Crippen MR) is 64.4 cm³/mol. The van der Waals surface area contributed by atoms with Crippen LogP contribution in [-0.4, -0.2) is 39.1 Å². The van der Waals surface area contributed by atoms with Gasteiger partial charge >= 0.3 is 0 Å². The Kier molecular flexibility index (Phi) is 2.40. The van der Waals surface area contributed by atoms with E-state index in [-0.39, 0.29) is 0 Å². The van der Waals surface area contributed by atoms with Crippen LogP contribution in [0, 0.1) is 0 Å². The molecular weight excluding hydrogens is 214 g/mol. The number of likely N-dealkylation sites (N-methyl/N-ethyl adjacent to an activating group) is 1. The van der Waals surface area contributed by atoms with Crippen LogP contribution in [0.4, 0.5) is 0 Å². The molecule has 0 saturated carbocycles. The number of fused-ring (bicyclic) bond motifs is 1. The van der Waals surface area contributed by atoms with E-state index in [1.165, 1.54) is 11.1 Å². The summed E-state index contributed by atoms with van der Waals surface area (Å²) in [4.78, 5) is 2.37. The zero-order valence-electron chi connectivity index (χ0n) is 10.0. The molecule has 1 aliphatic rings. The topological polar surface area (TPSA) is 57.7 Å². The largest absolute Gasteiger partial charge is 0.299 e. The van der Waals surface area contributed by atoms with Crippen LogP contribution >= 0.6 is 0 Å². The van der Waals surface area contributed by atoms with Crippen molar-refractivity contribution in [1.29, 1.82) is 0 Å². The van der Waals surface area contributed by atoms with Gasteiger partial charge in [-0.2, -0.15) is 5.21 Å². The maximum atomic E-state index is 4.01. The molecule has 5 heteroatoms. The summed E-state index contributed by atoms with van der Waals surface area (Å²) >= 11 is 0. The van der Waals surface area contributed by atoms with E-state index in [2.05, 4.69) is 57.7 Å². The fourth-order valence-corrected chi connectivity index (χ4v) is 2.38. The third-order valence-corrected chi connectivity index (χ3v) is 3.59. The Balaban J connectivity index is 2.03. The zero-order valence-corrected chi connectivity index (χ0v) is 10.0. The summed E-state index contributed by atoms with van der Waals surface area (Å²) < 4.78 is 0. The predicted octanol–water partition coefficient (Wildman–Crippen LogP) is 1.42. The number of tetrazole rings is 1. The molecule has 1 aromatic heterocycles. The number of aromatic nitrogens is 4. The molecular formula is C12H15N5. The van der Waals surface area contributed by atoms with Gasteiger partial charge in [-0.1, -0.05) is 12.1 Å². The lowest BCUT2D eigenvalue weighted by atomic mass is 9.92. The van der Waals surface area contributed by atoms with Crippen molar-refractivity contribution in [1.82, 2.24) is 25.5 Å². The summed E-state index contributed by atoms with van der Waals surface area (Å²) in [5, 5.41) is 14.1. The third-order valence-electron chi connectivity index (χ3n) is 3.59. The Labute approximate surface area is 99.8 Å². The van der Waals surface area contributed by atoms with Crippen molar-refractivity contribution in [3.63, 3.8) is 0 Å². The van der Waals surface area contributed by atoms with Crippen LogP contribution in [0.3, 0.4) is 0 Å². The maximum absolute atomic E-state index is 4.01. The summed E-state index contributed by atoms with van der Waals surface area (Å²) in [5.74, 6) is 0.666. The molecule has 0 bridgehead atoms. The highest BCUT2D eigenvalue weighted by Gasteiger charge is 2.21. The number of benzene rings is 1. The molecule has 88 valence electrons. The van der Waals surface area contributed by atoms with Crippen LogP contribution in [0.5, 0.6) is 0 Å². The van der Waals surface area contributed by atoms with Gasteiger partial charge in [0.25, 0.3) is 0 Å². The first-order valence-corrected chi connectivity index (χ1v) is 5.82. The lowest BCUT2D eigenvalue weighted by Gasteiger charge is -2.32. The molecule has 0 radical (unpaired) electrons. The van der Waals surface area contributed by atoms with Gasteiger partial charge in [-0.25, -0.2) is 0 Å². The monoisotopic (exact) mass is 229 g/mol. The quantitative estimate of drug-likeness (QED) is 0.803. The smallest absolute Gasteiger partial charge is 0.204 e. The van der Waals surface area contributed by atoms with Gasteiger partial charge in [0.2, 0.25) is 5.82 Å². The van der Waals surface area contributed by atoms with Crippen LogP contribution < -0.4 is 0 Å². The van der Waals surface area contributed by atoms with E-state index >= 15 is 0 Å². The van der Waals surface area contributed by atoms with Crippen LogP contribution in [0.1, 0.15) is 24.1 Å². The van der Waals surface area contributed by atoms with Crippen molar-refractivity contribution < 1.29 is 0 Å². The molecule has 1 unspecified atom stereocenters. The van der Waals surface area contributed by atoms with Crippen molar-refractivity contribution in [2.45, 2.75) is 19.4 Å². The van der Waals surface area contributed by atoms with Crippen molar-refractivity contribution in [2.24, 2.45) is 0 Å². The van der Waals surface area contributed by atoms with Gasteiger partial charge in [-0.05, 0) is 42.8 Å². The fourth-order valence-electron chi connectivity index (χ4n) is 2.38. The number of rotatable bonds is 1. The zero-order chi connectivity index (χ0) is 11.8. The van der Waals surface area contributed by atoms with E-state index in [9.17, 15) is 0 Å². The molecule has 2 aromatic rings. The minimum Gasteiger partial charge on any atom is -0.299 e. The average molecular weight is 229 g/mol. The van der Waals surface area contributed by atoms with E-state index in [0.717, 1.165) is 18.5 Å². The third kappa shape index (κ3) is 1.72. The van der Waals surface area contributed by atoms with Crippen molar-refractivity contribution in [3.05, 3.63) is 29.3 Å². The number of hydrogen-bond donors (Lipinski definition) is 1. The second kappa shape index (κ2) is 3.92. The molecule has 17 heavy (non-hydrogen) atoms. The lowest BCUT2D eigenvalue weighted by molar-refractivity contribution is 0.247. The first-order valence-electron chi connectivity index (χ1n) is 5.82. The summed E-state index contributed by atoms with van der Waals surface area (Å²) in [6, 6.07) is 6.92. The van der Waals surface area contributed by atoms with Crippen molar-refractivity contribution in [3.8, 4) is 11.4 Å². The summed E-state index contributed by atoms with van der Waals surface area (Å²) in [6.45, 7) is 3.34. The van der Waals surface area contributed by atoms with Gasteiger partial charge in [0, 0.05) is 18.2 Å². The Bertz CT molecular complexity index is 520. The van der Waals surface area contributed by atoms with Gasteiger partial charge in [0.1, 0.15) is 0 Å². The summed E-state index contributed by atoms with van der Waals surface area (Å²) in [5.41, 5.74) is 3.85. The molecule has 3 rings (SSSR count). The van der Waals surface area contributed by atoms with Crippen LogP contribution in [0.25, 0.3) is 11.4 Å². The first kappa shape index (κ1) is 10.4. The number of H-pyrrole nitrogens is 1. The van der Waals surface area contributed by atoms with E-state index in [1.54, 1.807) is 0 Å². The number of nitrogens with zero attached hydrogens (tertiary/aromatic N) is 4. The highest BCUT2D eigenvalue weighted by Crippen LogP contribution is 2.30. The van der Waals surface area contributed by atoms with Gasteiger partial charge in [0.05, 0.1) is 0 Å². The fraction of sp³-hybridized carbons (Fsp3) is 0.417. The summed E-state index contributed by atoms with van der Waals surface area (Å²) in [6.07, 6.45) is 1.09. The molecule has 0 saturated heterocycles. The number of aromatic amines is 1. The molecule has 1 N–H and O–H groups in total. The maximum Gasteiger partial charge on any atom is 0.204 e. The molecule has 1 atom stereocenters. The minimum atomic E-state index is 0.484. The molecule has 2 heterocycles. The Morgan fingerprint density at radius 1 is 1.41 bits per heavy atom. The van der Waals surface area contributed by atoms with Gasteiger partial charge in [0.15, 0.2) is 0 Å². The van der Waals surface area contributed by atoms with Crippen molar-refractivity contribution >= 4 is 0 Å². The minimum absolute atomic E-state index is 0.484. The van der Waals surface area contributed by atoms with Crippen LogP contribution in [0.15, 0.2) is 18.2 Å². The molecule has 0 aliphatic carbocycles. The highest BCUT2D eigenvalue weighted by molar-refractivity contribution is 5.57. The second-order valence-electron chi connectivity index (χ2n) is 4.56. The standard InChI is InChI=1S/C12H15N5/c1-8-11-4-3-10(12-13-15-16-14-12)7-9(11)5-6-17(8)2/h3-4,7-8H,5-6H2,1-2H3,(H,13,14,15,16). The lowest BCUT2D eigenvalue weighted by Crippen LogP contribution is -2.30. The van der Waals surface area contributed by atoms with E-state index in [4.69, 9.17) is 0 Å². The molecule has 1 aliphatic heterocycles. The number of hydrogen-bond acceptors (Lipinski definition) is 4. The highest BCUT2D eigenvalue weighted by atomic mass is 15.5. The van der Waals surface area contributed by atoms with Crippen LogP contribution in [0.2, 0.25) is 0 Å². The van der Waals surface area contributed by atoms with E-state index in [1.807, 2.05) is 0 Å². The van der Waals surface area contributed by atoms with E-state index < -0.39 is 0 Å². The normalized spacial score (nSPS) is 20.2. The van der Waals surface area contributed by atoms with Crippen molar-refractivity contribution in [2.75, 3.05) is 13.6 Å². The molecule has 0 fully saturated rings. The molecule has 0 spiro atoms.